The molecule has 0 radical (unpaired) electrons. The van der Waals surface area contributed by atoms with Crippen molar-refractivity contribution in [1.82, 2.24) is 9.97 Å². The summed E-state index contributed by atoms with van der Waals surface area (Å²) in [5.41, 5.74) is 0.803. The third kappa shape index (κ3) is 3.94. The normalized spacial score (nSPS) is 11.4. The van der Waals surface area contributed by atoms with Gasteiger partial charge in [0.1, 0.15) is 27.1 Å². The Morgan fingerprint density at radius 3 is 2.69 bits per heavy atom. The van der Waals surface area contributed by atoms with E-state index in [1.807, 2.05) is 6.92 Å². The summed E-state index contributed by atoms with van der Waals surface area (Å²) >= 11 is 5.89. The molecule has 0 saturated heterocycles. The van der Waals surface area contributed by atoms with Gasteiger partial charge < -0.3 is 5.32 Å². The molecular weight excluding hydrogens is 250 g/mol. The van der Waals surface area contributed by atoms with E-state index in [2.05, 4.69) is 15.3 Å². The monoisotopic (exact) mass is 263 g/mol. The Labute approximate surface area is 100 Å². The summed E-state index contributed by atoms with van der Waals surface area (Å²) in [6.45, 7) is 2.26. The first-order valence-electron chi connectivity index (χ1n) is 4.85. The smallest absolute Gasteiger partial charge is 0.149 e. The van der Waals surface area contributed by atoms with Crippen molar-refractivity contribution in [3.05, 3.63) is 17.0 Å². The lowest BCUT2D eigenvalue weighted by Crippen LogP contribution is -2.16. The summed E-state index contributed by atoms with van der Waals surface area (Å²) in [7, 11) is -2.96. The van der Waals surface area contributed by atoms with Crippen LogP contribution < -0.4 is 5.32 Å². The molecule has 1 aromatic rings. The standard InChI is InChI=1S/C9H14ClN3O2S/c1-3-7-8(10)12-6-13-9(7)11-4-5-16(2,14)15/h6H,3-5H2,1-2H3,(H,11,12,13). The highest BCUT2D eigenvalue weighted by Crippen LogP contribution is 2.19. The maximum absolute atomic E-state index is 10.9. The number of nitrogens with zero attached hydrogens (tertiary/aromatic N) is 2. The van der Waals surface area contributed by atoms with Gasteiger partial charge in [-0.2, -0.15) is 0 Å². The predicted molar refractivity (Wildman–Crippen MR) is 64.6 cm³/mol. The van der Waals surface area contributed by atoms with E-state index in [0.29, 0.717) is 23.9 Å². The number of anilines is 1. The second-order valence-electron chi connectivity index (χ2n) is 3.40. The van der Waals surface area contributed by atoms with Crippen LogP contribution in [0.15, 0.2) is 6.33 Å². The first-order valence-corrected chi connectivity index (χ1v) is 7.29. The van der Waals surface area contributed by atoms with Gasteiger partial charge in [-0.3, -0.25) is 0 Å². The number of hydrogen-bond acceptors (Lipinski definition) is 5. The maximum atomic E-state index is 10.9. The molecule has 5 nitrogen and oxygen atoms in total. The average molecular weight is 264 g/mol. The molecule has 0 aromatic carbocycles. The van der Waals surface area contributed by atoms with Gasteiger partial charge in [0, 0.05) is 18.4 Å². The molecule has 0 unspecified atom stereocenters. The van der Waals surface area contributed by atoms with Crippen molar-refractivity contribution in [2.45, 2.75) is 13.3 Å². The zero-order chi connectivity index (χ0) is 12.2. The molecule has 1 N–H and O–H groups in total. The quantitative estimate of drug-likeness (QED) is 0.807. The predicted octanol–water partition coefficient (Wildman–Crippen LogP) is 1.15. The van der Waals surface area contributed by atoms with Crippen LogP contribution in [-0.2, 0) is 16.3 Å². The van der Waals surface area contributed by atoms with Gasteiger partial charge in [-0.05, 0) is 6.42 Å². The second kappa shape index (κ2) is 5.45. The molecule has 0 atom stereocenters. The molecule has 1 rings (SSSR count). The zero-order valence-corrected chi connectivity index (χ0v) is 10.8. The molecule has 0 fully saturated rings. The minimum atomic E-state index is -2.96. The van der Waals surface area contributed by atoms with E-state index in [-0.39, 0.29) is 5.75 Å². The molecular formula is C9H14ClN3O2S. The van der Waals surface area contributed by atoms with E-state index in [1.165, 1.54) is 12.6 Å². The average Bonchev–Trinajstić information content (AvgIpc) is 2.16. The van der Waals surface area contributed by atoms with Crippen molar-refractivity contribution in [2.24, 2.45) is 0 Å². The first kappa shape index (κ1) is 13.2. The molecule has 0 amide bonds. The van der Waals surface area contributed by atoms with Crippen molar-refractivity contribution in [3.8, 4) is 0 Å². The summed E-state index contributed by atoms with van der Waals surface area (Å²) in [5.74, 6) is 0.670. The van der Waals surface area contributed by atoms with Crippen LogP contribution in [0.3, 0.4) is 0 Å². The summed E-state index contributed by atoms with van der Waals surface area (Å²) in [6, 6.07) is 0. The highest BCUT2D eigenvalue weighted by Gasteiger charge is 2.08. The van der Waals surface area contributed by atoms with E-state index < -0.39 is 9.84 Å². The molecule has 16 heavy (non-hydrogen) atoms. The largest absolute Gasteiger partial charge is 0.369 e. The van der Waals surface area contributed by atoms with E-state index in [4.69, 9.17) is 11.6 Å². The van der Waals surface area contributed by atoms with E-state index >= 15 is 0 Å². The number of aromatic nitrogens is 2. The van der Waals surface area contributed by atoms with Crippen LogP contribution in [0.4, 0.5) is 5.82 Å². The molecule has 0 aliphatic heterocycles. The number of halogens is 1. The summed E-state index contributed by atoms with van der Waals surface area (Å²) in [5, 5.41) is 3.35. The second-order valence-corrected chi connectivity index (χ2v) is 6.02. The molecule has 90 valence electrons. The lowest BCUT2D eigenvalue weighted by atomic mass is 10.2. The Hall–Kier alpha value is -0.880. The van der Waals surface area contributed by atoms with Crippen LogP contribution in [0.1, 0.15) is 12.5 Å². The van der Waals surface area contributed by atoms with E-state index in [9.17, 15) is 8.42 Å². The van der Waals surface area contributed by atoms with Crippen molar-refractivity contribution >= 4 is 27.3 Å². The van der Waals surface area contributed by atoms with E-state index in [0.717, 1.165) is 5.56 Å². The summed E-state index contributed by atoms with van der Waals surface area (Å²) in [4.78, 5) is 7.89. The molecule has 0 spiro atoms. The van der Waals surface area contributed by atoms with Gasteiger partial charge in [0.25, 0.3) is 0 Å². The Kier molecular flexibility index (Phi) is 4.49. The van der Waals surface area contributed by atoms with Crippen LogP contribution in [0.5, 0.6) is 0 Å². The maximum Gasteiger partial charge on any atom is 0.149 e. The van der Waals surface area contributed by atoms with Gasteiger partial charge in [-0.15, -0.1) is 0 Å². The summed E-state index contributed by atoms with van der Waals surface area (Å²) < 4.78 is 21.9. The van der Waals surface area contributed by atoms with Crippen LogP contribution >= 0.6 is 11.6 Å². The van der Waals surface area contributed by atoms with E-state index in [1.54, 1.807) is 0 Å². The third-order valence-electron chi connectivity index (χ3n) is 2.01. The molecule has 1 aromatic heterocycles. The molecule has 1 heterocycles. The molecule has 0 aliphatic carbocycles. The SMILES string of the molecule is CCc1c(Cl)ncnc1NCCS(C)(=O)=O. The lowest BCUT2D eigenvalue weighted by Gasteiger charge is -2.09. The Morgan fingerprint density at radius 1 is 1.44 bits per heavy atom. The first-order chi connectivity index (χ1) is 7.44. The Morgan fingerprint density at radius 2 is 2.12 bits per heavy atom. The lowest BCUT2D eigenvalue weighted by molar-refractivity contribution is 0.602. The van der Waals surface area contributed by atoms with Crippen LogP contribution in [-0.4, -0.2) is 36.9 Å². The zero-order valence-electron chi connectivity index (χ0n) is 9.20. The third-order valence-corrected chi connectivity index (χ3v) is 3.28. The van der Waals surface area contributed by atoms with Crippen molar-refractivity contribution in [2.75, 3.05) is 23.9 Å². The molecule has 0 saturated carbocycles. The topological polar surface area (TPSA) is 72.0 Å². The van der Waals surface area contributed by atoms with Gasteiger partial charge in [0.05, 0.1) is 5.75 Å². The van der Waals surface area contributed by atoms with Crippen molar-refractivity contribution in [1.29, 1.82) is 0 Å². The number of rotatable bonds is 5. The highest BCUT2D eigenvalue weighted by molar-refractivity contribution is 7.90. The Bertz CT molecular complexity index is 462. The van der Waals surface area contributed by atoms with Crippen LogP contribution in [0.2, 0.25) is 5.15 Å². The minimum absolute atomic E-state index is 0.0672. The van der Waals surface area contributed by atoms with Gasteiger partial charge in [-0.25, -0.2) is 18.4 Å². The number of sulfone groups is 1. The van der Waals surface area contributed by atoms with Crippen LogP contribution in [0, 0.1) is 0 Å². The van der Waals surface area contributed by atoms with Gasteiger partial charge in [0.2, 0.25) is 0 Å². The molecule has 7 heteroatoms. The highest BCUT2D eigenvalue weighted by atomic mass is 35.5. The summed E-state index contributed by atoms with van der Waals surface area (Å²) in [6.07, 6.45) is 3.24. The van der Waals surface area contributed by atoms with Crippen LogP contribution in [0.25, 0.3) is 0 Å². The minimum Gasteiger partial charge on any atom is -0.369 e. The van der Waals surface area contributed by atoms with Gasteiger partial charge >= 0.3 is 0 Å². The molecule has 0 aliphatic rings. The number of hydrogen-bond donors (Lipinski definition) is 1. The molecule has 0 bridgehead atoms. The Balaban J connectivity index is 2.71. The van der Waals surface area contributed by atoms with Gasteiger partial charge in [-0.1, -0.05) is 18.5 Å². The van der Waals surface area contributed by atoms with Crippen molar-refractivity contribution in [3.63, 3.8) is 0 Å². The van der Waals surface area contributed by atoms with Gasteiger partial charge in [0.15, 0.2) is 0 Å². The van der Waals surface area contributed by atoms with Crippen molar-refractivity contribution < 1.29 is 8.42 Å². The fourth-order valence-electron chi connectivity index (χ4n) is 1.21. The number of nitrogens with one attached hydrogen (secondary N) is 1. The fourth-order valence-corrected chi connectivity index (χ4v) is 1.95. The fraction of sp³-hybridized carbons (Fsp3) is 0.556.